The van der Waals surface area contributed by atoms with Crippen LogP contribution in [0.15, 0.2) is 90.6 Å². The minimum atomic E-state index is -0.974. The molecule has 2 N–H and O–H groups in total. The molecule has 0 aliphatic rings. The van der Waals surface area contributed by atoms with Gasteiger partial charge in [0.2, 0.25) is 0 Å². The number of carboxylic acid groups (broad SMARTS) is 1. The summed E-state index contributed by atoms with van der Waals surface area (Å²) in [4.78, 5) is 28.8. The zero-order valence-corrected chi connectivity index (χ0v) is 19.8. The van der Waals surface area contributed by atoms with Gasteiger partial charge in [0.1, 0.15) is 5.01 Å². The highest BCUT2D eigenvalue weighted by molar-refractivity contribution is 7.13. The average molecular weight is 482 g/mol. The van der Waals surface area contributed by atoms with Crippen LogP contribution >= 0.6 is 11.3 Å². The molecule has 2 aromatic heterocycles. The van der Waals surface area contributed by atoms with E-state index >= 15 is 0 Å². The second-order valence-corrected chi connectivity index (χ2v) is 9.24. The highest BCUT2D eigenvalue weighted by Crippen LogP contribution is 2.26. The van der Waals surface area contributed by atoms with Crippen LogP contribution in [0.3, 0.4) is 0 Å². The van der Waals surface area contributed by atoms with Crippen LogP contribution in [-0.4, -0.2) is 26.5 Å². The summed E-state index contributed by atoms with van der Waals surface area (Å²) in [5, 5.41) is 16.1. The number of rotatable bonds is 7. The van der Waals surface area contributed by atoms with Crippen molar-refractivity contribution in [1.29, 1.82) is 0 Å². The van der Waals surface area contributed by atoms with Crippen LogP contribution in [0.2, 0.25) is 0 Å². The third-order valence-corrected chi connectivity index (χ3v) is 6.82. The molecular weight excluding hydrogens is 458 g/mol. The quantitative estimate of drug-likeness (QED) is 0.298. The Morgan fingerprint density at radius 3 is 2.60 bits per heavy atom. The van der Waals surface area contributed by atoms with Gasteiger partial charge in [0.15, 0.2) is 0 Å². The monoisotopic (exact) mass is 481 g/mol. The van der Waals surface area contributed by atoms with E-state index in [2.05, 4.69) is 33.1 Å². The number of nitrogens with zero attached hydrogens (tertiary/aromatic N) is 2. The maximum absolute atomic E-state index is 13.3. The summed E-state index contributed by atoms with van der Waals surface area (Å²) >= 11 is 1.61. The summed E-state index contributed by atoms with van der Waals surface area (Å²) < 4.78 is 2.09. The number of fused-ring (bicyclic) bond motifs is 1. The van der Waals surface area contributed by atoms with E-state index in [4.69, 9.17) is 5.11 Å². The van der Waals surface area contributed by atoms with E-state index in [0.29, 0.717) is 12.1 Å². The molecule has 35 heavy (non-hydrogen) atoms. The van der Waals surface area contributed by atoms with E-state index in [0.717, 1.165) is 32.6 Å². The fourth-order valence-electron chi connectivity index (χ4n) is 4.21. The van der Waals surface area contributed by atoms with Gasteiger partial charge in [-0.1, -0.05) is 42.5 Å². The van der Waals surface area contributed by atoms with Crippen molar-refractivity contribution < 1.29 is 14.7 Å². The number of para-hydroxylation sites is 1. The Labute approximate surface area is 206 Å². The standard InChI is InChI=1S/C28H23N3O3S/c1-18(20-8-10-22(11-9-20)28(33)34)30-26(32)24-7-3-5-21-12-14-31(25(21)24)17-19-4-2-6-23(16-19)27-29-13-15-35-27/h2-16,18H,17H2,1H3,(H,30,32)(H,33,34)/t18-/m0/s1. The molecule has 0 radical (unpaired) electrons. The van der Waals surface area contributed by atoms with E-state index < -0.39 is 5.97 Å². The number of hydrogen-bond donors (Lipinski definition) is 2. The first-order chi connectivity index (χ1) is 17.0. The van der Waals surface area contributed by atoms with Crippen molar-refractivity contribution in [2.75, 3.05) is 0 Å². The number of aromatic carboxylic acids is 1. The van der Waals surface area contributed by atoms with Gasteiger partial charge in [0, 0.05) is 35.3 Å². The number of nitrogens with one attached hydrogen (secondary N) is 1. The van der Waals surface area contributed by atoms with Crippen molar-refractivity contribution in [3.8, 4) is 10.6 Å². The number of carbonyl (C=O) groups is 2. The fraction of sp³-hybridized carbons (Fsp3) is 0.107. The van der Waals surface area contributed by atoms with Gasteiger partial charge >= 0.3 is 5.97 Å². The molecule has 174 valence electrons. The Morgan fingerprint density at radius 1 is 1.06 bits per heavy atom. The summed E-state index contributed by atoms with van der Waals surface area (Å²) in [6.45, 7) is 2.51. The lowest BCUT2D eigenvalue weighted by Gasteiger charge is -2.16. The molecule has 0 aliphatic carbocycles. The van der Waals surface area contributed by atoms with Crippen molar-refractivity contribution in [3.63, 3.8) is 0 Å². The SMILES string of the molecule is C[C@H](NC(=O)c1cccc2ccn(Cc3cccc(-c4nccs4)c3)c12)c1ccc(C(=O)O)cc1. The summed E-state index contributed by atoms with van der Waals surface area (Å²) in [6, 6.07) is 22.3. The number of hydrogen-bond acceptors (Lipinski definition) is 4. The highest BCUT2D eigenvalue weighted by atomic mass is 32.1. The van der Waals surface area contributed by atoms with Crippen LogP contribution in [0.1, 0.15) is 44.8 Å². The summed E-state index contributed by atoms with van der Waals surface area (Å²) in [7, 11) is 0. The van der Waals surface area contributed by atoms with E-state index in [1.807, 2.05) is 48.8 Å². The maximum atomic E-state index is 13.3. The molecule has 0 saturated heterocycles. The molecule has 0 saturated carbocycles. The number of thiazole rings is 1. The van der Waals surface area contributed by atoms with Gasteiger partial charge in [0.25, 0.3) is 5.91 Å². The van der Waals surface area contributed by atoms with Gasteiger partial charge in [0.05, 0.1) is 22.7 Å². The molecule has 5 aromatic rings. The van der Waals surface area contributed by atoms with E-state index in [1.54, 1.807) is 41.8 Å². The number of aromatic nitrogens is 2. The Bertz CT molecular complexity index is 1500. The molecule has 1 atom stereocenters. The average Bonchev–Trinajstić information content (AvgIpc) is 3.55. The van der Waals surface area contributed by atoms with E-state index in [-0.39, 0.29) is 17.5 Å². The van der Waals surface area contributed by atoms with Gasteiger partial charge in [-0.15, -0.1) is 11.3 Å². The first kappa shape index (κ1) is 22.6. The first-order valence-corrected chi connectivity index (χ1v) is 12.1. The van der Waals surface area contributed by atoms with Crippen molar-refractivity contribution in [1.82, 2.24) is 14.9 Å². The highest BCUT2D eigenvalue weighted by Gasteiger charge is 2.17. The Kier molecular flexibility index (Phi) is 6.16. The molecule has 0 unspecified atom stereocenters. The molecule has 0 bridgehead atoms. The summed E-state index contributed by atoms with van der Waals surface area (Å²) in [5.74, 6) is -1.15. The lowest BCUT2D eigenvalue weighted by molar-refractivity contribution is 0.0696. The second-order valence-electron chi connectivity index (χ2n) is 8.35. The van der Waals surface area contributed by atoms with Crippen LogP contribution in [-0.2, 0) is 6.54 Å². The lowest BCUT2D eigenvalue weighted by atomic mass is 10.0. The molecule has 0 spiro atoms. The fourth-order valence-corrected chi connectivity index (χ4v) is 4.85. The Balaban J connectivity index is 1.41. The lowest BCUT2D eigenvalue weighted by Crippen LogP contribution is -2.27. The van der Waals surface area contributed by atoms with Crippen LogP contribution in [0, 0.1) is 0 Å². The van der Waals surface area contributed by atoms with Gasteiger partial charge in [-0.05, 0) is 48.4 Å². The minimum Gasteiger partial charge on any atom is -0.478 e. The summed E-state index contributed by atoms with van der Waals surface area (Å²) in [5.41, 5.74) is 4.72. The molecule has 6 nitrogen and oxygen atoms in total. The Morgan fingerprint density at radius 2 is 1.86 bits per heavy atom. The summed E-state index contributed by atoms with van der Waals surface area (Å²) in [6.07, 6.45) is 3.81. The van der Waals surface area contributed by atoms with Gasteiger partial charge < -0.3 is 15.0 Å². The normalized spacial score (nSPS) is 11.9. The molecule has 7 heteroatoms. The minimum absolute atomic E-state index is 0.179. The molecule has 2 heterocycles. The number of amides is 1. The van der Waals surface area contributed by atoms with Crippen LogP contribution < -0.4 is 5.32 Å². The number of benzene rings is 3. The third-order valence-electron chi connectivity index (χ3n) is 6.00. The molecule has 3 aromatic carbocycles. The van der Waals surface area contributed by atoms with Crippen LogP contribution in [0.25, 0.3) is 21.5 Å². The van der Waals surface area contributed by atoms with Gasteiger partial charge in [-0.25, -0.2) is 9.78 Å². The van der Waals surface area contributed by atoms with E-state index in [9.17, 15) is 9.59 Å². The molecule has 0 aliphatic heterocycles. The molecule has 1 amide bonds. The van der Waals surface area contributed by atoms with Crippen molar-refractivity contribution in [2.24, 2.45) is 0 Å². The molecular formula is C28H23N3O3S. The predicted octanol–water partition coefficient (Wildman–Crippen LogP) is 6.00. The van der Waals surface area contributed by atoms with E-state index in [1.165, 1.54) is 0 Å². The largest absolute Gasteiger partial charge is 0.478 e. The maximum Gasteiger partial charge on any atom is 0.335 e. The van der Waals surface area contributed by atoms with Crippen LogP contribution in [0.5, 0.6) is 0 Å². The van der Waals surface area contributed by atoms with Crippen molar-refractivity contribution in [2.45, 2.75) is 19.5 Å². The molecule has 0 fully saturated rings. The Hall–Kier alpha value is -4.23. The topological polar surface area (TPSA) is 84.2 Å². The third kappa shape index (κ3) is 4.72. The van der Waals surface area contributed by atoms with Crippen LogP contribution in [0.4, 0.5) is 0 Å². The smallest absolute Gasteiger partial charge is 0.335 e. The molecule has 5 rings (SSSR count). The number of carbonyl (C=O) groups excluding carboxylic acids is 1. The zero-order chi connectivity index (χ0) is 24.4. The predicted molar refractivity (Wildman–Crippen MR) is 138 cm³/mol. The second kappa shape index (κ2) is 9.56. The van der Waals surface area contributed by atoms with Gasteiger partial charge in [-0.2, -0.15) is 0 Å². The van der Waals surface area contributed by atoms with Gasteiger partial charge in [-0.3, -0.25) is 4.79 Å². The van der Waals surface area contributed by atoms with Crippen molar-refractivity contribution in [3.05, 3.63) is 113 Å². The number of carboxylic acids is 1. The zero-order valence-electron chi connectivity index (χ0n) is 19.0. The first-order valence-electron chi connectivity index (χ1n) is 11.2. The van der Waals surface area contributed by atoms with Crippen molar-refractivity contribution >= 4 is 34.1 Å².